The molecule has 0 radical (unpaired) electrons. The second kappa shape index (κ2) is 12.5. The van der Waals surface area contributed by atoms with E-state index in [2.05, 4.69) is 97.9 Å². The Hall–Kier alpha value is -2.08. The summed E-state index contributed by atoms with van der Waals surface area (Å²) in [5.74, 6) is 0. The predicted molar refractivity (Wildman–Crippen MR) is 127 cm³/mol. The van der Waals surface area contributed by atoms with Gasteiger partial charge >= 0.3 is 152 Å². The number of ether oxygens (including phenoxy) is 1. The summed E-state index contributed by atoms with van der Waals surface area (Å²) in [5.41, 5.74) is 5.60. The summed E-state index contributed by atoms with van der Waals surface area (Å²) >= 11 is -0.0519. The van der Waals surface area contributed by atoms with Crippen LogP contribution in [0, 0.1) is 0 Å². The van der Waals surface area contributed by atoms with E-state index in [1.54, 1.807) is 0 Å². The Balaban J connectivity index is 1.49. The molecule has 0 N–H and O–H groups in total. The fraction of sp³-hybridized carbons (Fsp3) is 0.259. The summed E-state index contributed by atoms with van der Waals surface area (Å²) in [7, 11) is 0. The first-order valence-electron chi connectivity index (χ1n) is 10.5. The van der Waals surface area contributed by atoms with Gasteiger partial charge in [-0.3, -0.25) is 0 Å². The Bertz CT molecular complexity index is 869. The van der Waals surface area contributed by atoms with E-state index in [1.807, 2.05) is 0 Å². The van der Waals surface area contributed by atoms with Gasteiger partial charge in [0, 0.05) is 0 Å². The molecule has 0 fully saturated rings. The van der Waals surface area contributed by atoms with E-state index in [-0.39, 0.29) is 15.8 Å². The normalized spacial score (nSPS) is 11.6. The molecule has 0 aliphatic rings. The van der Waals surface area contributed by atoms with E-state index < -0.39 is 0 Å². The van der Waals surface area contributed by atoms with Crippen molar-refractivity contribution in [3.8, 4) is 0 Å². The number of benzene rings is 3. The molecular weight excluding hydrogens is 415 g/mol. The molecule has 0 aliphatic heterocycles. The van der Waals surface area contributed by atoms with Crippen LogP contribution >= 0.6 is 0 Å². The Morgan fingerprint density at radius 1 is 0.724 bits per heavy atom. The molecule has 2 heteroatoms. The van der Waals surface area contributed by atoms with Crippen molar-refractivity contribution in [3.05, 3.63) is 113 Å². The van der Waals surface area contributed by atoms with Crippen molar-refractivity contribution in [1.82, 2.24) is 0 Å². The molecule has 1 nitrogen and oxygen atoms in total. The Labute approximate surface area is 182 Å². The van der Waals surface area contributed by atoms with Crippen LogP contribution in [0.15, 0.2) is 91.0 Å². The number of hydrogen-bond donors (Lipinski definition) is 0. The minimum absolute atomic E-state index is 0.0519. The predicted octanol–water partition coefficient (Wildman–Crippen LogP) is 5.14. The molecule has 3 rings (SSSR count). The molecule has 0 saturated carbocycles. The maximum absolute atomic E-state index is 5.44. The summed E-state index contributed by atoms with van der Waals surface area (Å²) < 4.78 is 6.97. The van der Waals surface area contributed by atoms with Crippen LogP contribution in [0.5, 0.6) is 0 Å². The molecule has 3 aromatic carbocycles. The van der Waals surface area contributed by atoms with Crippen LogP contribution < -0.4 is 4.35 Å². The van der Waals surface area contributed by atoms with E-state index in [0.717, 1.165) is 32.5 Å². The average molecular weight is 446 g/mol. The van der Waals surface area contributed by atoms with Gasteiger partial charge < -0.3 is 0 Å². The molecule has 1 atom stereocenters. The van der Waals surface area contributed by atoms with Crippen LogP contribution in [0.2, 0.25) is 5.21 Å². The number of rotatable bonds is 11. The second-order valence-corrected chi connectivity index (χ2v) is 10.1. The average Bonchev–Trinajstić information content (AvgIpc) is 2.77. The fourth-order valence-electron chi connectivity index (χ4n) is 3.35. The molecule has 29 heavy (non-hydrogen) atoms. The van der Waals surface area contributed by atoms with Crippen LogP contribution in [0.3, 0.4) is 0 Å². The van der Waals surface area contributed by atoms with Gasteiger partial charge in [0.2, 0.25) is 0 Å². The van der Waals surface area contributed by atoms with Crippen LogP contribution in [-0.2, 0) is 24.0 Å². The Morgan fingerprint density at radius 2 is 1.41 bits per heavy atom. The van der Waals surface area contributed by atoms with Crippen molar-refractivity contribution in [2.45, 2.75) is 31.4 Å². The van der Waals surface area contributed by atoms with Gasteiger partial charge in [-0.1, -0.05) is 30.3 Å². The van der Waals surface area contributed by atoms with Crippen molar-refractivity contribution in [2.24, 2.45) is 0 Å². The second-order valence-electron chi connectivity index (χ2n) is 7.13. The zero-order valence-electron chi connectivity index (χ0n) is 17.3. The third-order valence-corrected chi connectivity index (χ3v) is 7.46. The maximum atomic E-state index is 5.44. The third kappa shape index (κ3) is 7.69. The molecule has 1 unspecified atom stereocenters. The van der Waals surface area contributed by atoms with Gasteiger partial charge in [-0.2, -0.15) is 0 Å². The van der Waals surface area contributed by atoms with E-state index in [0.29, 0.717) is 0 Å². The summed E-state index contributed by atoms with van der Waals surface area (Å²) in [6, 6.07) is 28.7. The zero-order chi connectivity index (χ0) is 20.2. The summed E-state index contributed by atoms with van der Waals surface area (Å²) in [4.78, 5) is 0. The van der Waals surface area contributed by atoms with Gasteiger partial charge in [-0.25, -0.2) is 0 Å². The van der Waals surface area contributed by atoms with Gasteiger partial charge in [-0.05, 0) is 0 Å². The molecule has 0 heterocycles. The van der Waals surface area contributed by atoms with Gasteiger partial charge in [0.1, 0.15) is 0 Å². The summed E-state index contributed by atoms with van der Waals surface area (Å²) in [5, 5.41) is 1.22. The standard InChI is InChI=1S/C27H31AsO/c1-2-29-21-20-28-27-18-16-23(17-19-27)10-6-7-13-25-14-8-9-15-26(25)22-24-11-4-3-5-12-24/h3-9,11-12,14-19,28H,2,10,13,20-22H2,1H3. The van der Waals surface area contributed by atoms with Crippen LogP contribution in [0.1, 0.15) is 29.2 Å². The van der Waals surface area contributed by atoms with Gasteiger partial charge in [0.05, 0.1) is 0 Å². The number of hydrogen-bond acceptors (Lipinski definition) is 1. The topological polar surface area (TPSA) is 9.23 Å². The van der Waals surface area contributed by atoms with Crippen LogP contribution in [-0.4, -0.2) is 29.0 Å². The first kappa shape index (κ1) is 21.6. The van der Waals surface area contributed by atoms with E-state index in [9.17, 15) is 0 Å². The summed E-state index contributed by atoms with van der Waals surface area (Å²) in [6.07, 6.45) is 7.61. The molecule has 0 aliphatic carbocycles. The SMILES string of the molecule is CCOCC[AsH]c1ccc(CC=CCc2ccccc2Cc2ccccc2)cc1. The fourth-order valence-corrected chi connectivity index (χ4v) is 5.31. The van der Waals surface area contributed by atoms with Gasteiger partial charge in [0.15, 0.2) is 0 Å². The zero-order valence-corrected chi connectivity index (χ0v) is 19.4. The molecule has 0 spiro atoms. The van der Waals surface area contributed by atoms with Crippen LogP contribution in [0.4, 0.5) is 0 Å². The monoisotopic (exact) mass is 446 g/mol. The van der Waals surface area contributed by atoms with E-state index in [1.165, 1.54) is 31.8 Å². The molecule has 0 amide bonds. The molecular formula is C27H31AsO. The van der Waals surface area contributed by atoms with E-state index >= 15 is 0 Å². The molecule has 0 aromatic heterocycles. The third-order valence-electron chi connectivity index (χ3n) is 4.95. The van der Waals surface area contributed by atoms with Crippen LogP contribution in [0.25, 0.3) is 0 Å². The number of allylic oxidation sites excluding steroid dienone is 2. The van der Waals surface area contributed by atoms with Gasteiger partial charge in [0.25, 0.3) is 0 Å². The van der Waals surface area contributed by atoms with Crippen molar-refractivity contribution in [3.63, 3.8) is 0 Å². The first-order chi connectivity index (χ1) is 14.3. The van der Waals surface area contributed by atoms with Crippen molar-refractivity contribution in [2.75, 3.05) is 13.2 Å². The summed E-state index contributed by atoms with van der Waals surface area (Å²) in [6.45, 7) is 3.80. The molecule has 0 saturated heterocycles. The van der Waals surface area contributed by atoms with Crippen molar-refractivity contribution < 1.29 is 4.74 Å². The Morgan fingerprint density at radius 3 is 2.17 bits per heavy atom. The first-order valence-corrected chi connectivity index (χ1v) is 13.0. The molecule has 150 valence electrons. The van der Waals surface area contributed by atoms with Gasteiger partial charge in [-0.15, -0.1) is 0 Å². The van der Waals surface area contributed by atoms with E-state index in [4.69, 9.17) is 4.74 Å². The van der Waals surface area contributed by atoms with Crippen molar-refractivity contribution >= 4 is 20.1 Å². The van der Waals surface area contributed by atoms with Crippen molar-refractivity contribution in [1.29, 1.82) is 0 Å². The molecule has 0 bridgehead atoms. The minimum atomic E-state index is -0.0519. The quantitative estimate of drug-likeness (QED) is 0.225. The Kier molecular flexibility index (Phi) is 9.30. The molecule has 3 aromatic rings.